The lowest BCUT2D eigenvalue weighted by Crippen LogP contribution is -2.13. The molecule has 0 fully saturated rings. The number of carbonyl (C=O) groups excluding carboxylic acids is 1. The van der Waals surface area contributed by atoms with E-state index in [4.69, 9.17) is 5.73 Å². The molecule has 3 N–H and O–H groups in total. The monoisotopic (exact) mass is 366 g/mol. The molecule has 0 aliphatic heterocycles. The molecule has 1 amide bonds. The molecule has 2 aromatic rings. The molecule has 0 saturated heterocycles. The van der Waals surface area contributed by atoms with Crippen molar-refractivity contribution in [2.45, 2.75) is 24.3 Å². The van der Waals surface area contributed by atoms with Crippen LogP contribution in [0.2, 0.25) is 0 Å². The second-order valence-electron chi connectivity index (χ2n) is 5.35. The van der Waals surface area contributed by atoms with Crippen LogP contribution in [-0.4, -0.2) is 16.7 Å². The Balaban J connectivity index is 0.00000288. The molecule has 2 aromatic carbocycles. The highest BCUT2D eigenvalue weighted by Gasteiger charge is 2.06. The number of benzene rings is 2. The molecule has 130 valence electrons. The summed E-state index contributed by atoms with van der Waals surface area (Å²) in [7, 11) is -0.977. The van der Waals surface area contributed by atoms with Crippen LogP contribution in [0.3, 0.4) is 0 Å². The SMILES string of the molecule is Cl.NCCCC(=O)Nc1cccc(CS(=O)Cc2ccccc2)c1. The smallest absolute Gasteiger partial charge is 0.224 e. The van der Waals surface area contributed by atoms with Gasteiger partial charge in [-0.1, -0.05) is 42.5 Å². The van der Waals surface area contributed by atoms with E-state index in [9.17, 15) is 9.00 Å². The maximum absolute atomic E-state index is 12.3. The lowest BCUT2D eigenvalue weighted by Gasteiger charge is -2.08. The summed E-state index contributed by atoms with van der Waals surface area (Å²) >= 11 is 0. The second kappa shape index (κ2) is 11.0. The predicted molar refractivity (Wildman–Crippen MR) is 103 cm³/mol. The fourth-order valence-corrected chi connectivity index (χ4v) is 3.44. The third-order valence-electron chi connectivity index (χ3n) is 3.32. The van der Waals surface area contributed by atoms with Gasteiger partial charge in [0, 0.05) is 34.4 Å². The van der Waals surface area contributed by atoms with E-state index in [0.717, 1.165) is 16.8 Å². The summed E-state index contributed by atoms with van der Waals surface area (Å²) in [5.74, 6) is 0.966. The first-order chi connectivity index (χ1) is 11.2. The van der Waals surface area contributed by atoms with Gasteiger partial charge in [0.1, 0.15) is 0 Å². The average molecular weight is 367 g/mol. The summed E-state index contributed by atoms with van der Waals surface area (Å²) in [6, 6.07) is 17.3. The van der Waals surface area contributed by atoms with Crippen LogP contribution >= 0.6 is 12.4 Å². The van der Waals surface area contributed by atoms with Crippen LogP contribution in [0.1, 0.15) is 24.0 Å². The Morgan fingerprint density at radius 3 is 2.38 bits per heavy atom. The first-order valence-corrected chi connectivity index (χ1v) is 9.14. The number of hydrogen-bond acceptors (Lipinski definition) is 3. The Morgan fingerprint density at radius 1 is 1.00 bits per heavy atom. The minimum atomic E-state index is -0.977. The van der Waals surface area contributed by atoms with Crippen LogP contribution in [0.4, 0.5) is 5.69 Å². The zero-order chi connectivity index (χ0) is 16.5. The number of nitrogens with two attached hydrogens (primary N) is 1. The van der Waals surface area contributed by atoms with Gasteiger partial charge >= 0.3 is 0 Å². The summed E-state index contributed by atoms with van der Waals surface area (Å²) in [4.78, 5) is 11.7. The average Bonchev–Trinajstić information content (AvgIpc) is 2.54. The molecule has 0 bridgehead atoms. The van der Waals surface area contributed by atoms with Crippen molar-refractivity contribution < 1.29 is 9.00 Å². The van der Waals surface area contributed by atoms with Crippen LogP contribution in [-0.2, 0) is 27.1 Å². The number of hydrogen-bond donors (Lipinski definition) is 2. The Hall–Kier alpha value is -1.69. The van der Waals surface area contributed by atoms with Crippen molar-refractivity contribution in [3.05, 3.63) is 65.7 Å². The van der Waals surface area contributed by atoms with Gasteiger partial charge in [0.25, 0.3) is 0 Å². The molecule has 0 aliphatic rings. The molecule has 0 heterocycles. The molecule has 0 radical (unpaired) electrons. The molecule has 1 atom stereocenters. The molecule has 6 heteroatoms. The van der Waals surface area contributed by atoms with Gasteiger partial charge in [-0.15, -0.1) is 12.4 Å². The highest BCUT2D eigenvalue weighted by Crippen LogP contribution is 2.14. The lowest BCUT2D eigenvalue weighted by molar-refractivity contribution is -0.116. The number of anilines is 1. The Bertz CT molecular complexity index is 665. The van der Waals surface area contributed by atoms with E-state index in [1.807, 2.05) is 54.6 Å². The molecule has 2 rings (SSSR count). The third kappa shape index (κ3) is 7.25. The van der Waals surface area contributed by atoms with Gasteiger partial charge in [0.2, 0.25) is 5.91 Å². The number of carbonyl (C=O) groups is 1. The van der Waals surface area contributed by atoms with Crippen LogP contribution in [0.15, 0.2) is 54.6 Å². The summed E-state index contributed by atoms with van der Waals surface area (Å²) in [5.41, 5.74) is 8.16. The van der Waals surface area contributed by atoms with E-state index in [0.29, 0.717) is 30.9 Å². The zero-order valence-corrected chi connectivity index (χ0v) is 15.1. The van der Waals surface area contributed by atoms with Crippen molar-refractivity contribution >= 4 is 34.8 Å². The Morgan fingerprint density at radius 2 is 1.67 bits per heavy atom. The summed E-state index contributed by atoms with van der Waals surface area (Å²) < 4.78 is 12.3. The van der Waals surface area contributed by atoms with Gasteiger partial charge in [-0.25, -0.2) is 0 Å². The highest BCUT2D eigenvalue weighted by molar-refractivity contribution is 7.83. The van der Waals surface area contributed by atoms with Gasteiger partial charge in [0.15, 0.2) is 0 Å². The van der Waals surface area contributed by atoms with Crippen molar-refractivity contribution in [3.8, 4) is 0 Å². The zero-order valence-electron chi connectivity index (χ0n) is 13.4. The van der Waals surface area contributed by atoms with Gasteiger partial charge in [0.05, 0.1) is 0 Å². The fraction of sp³-hybridized carbons (Fsp3) is 0.278. The van der Waals surface area contributed by atoms with Gasteiger partial charge < -0.3 is 11.1 Å². The molecule has 0 aliphatic carbocycles. The van der Waals surface area contributed by atoms with Gasteiger partial charge in [-0.3, -0.25) is 9.00 Å². The maximum Gasteiger partial charge on any atom is 0.224 e. The topological polar surface area (TPSA) is 72.2 Å². The van der Waals surface area contributed by atoms with E-state index in [-0.39, 0.29) is 18.3 Å². The van der Waals surface area contributed by atoms with E-state index in [2.05, 4.69) is 5.32 Å². The molecule has 0 saturated carbocycles. The van der Waals surface area contributed by atoms with Crippen LogP contribution in [0, 0.1) is 0 Å². The van der Waals surface area contributed by atoms with Crippen molar-refractivity contribution in [1.29, 1.82) is 0 Å². The second-order valence-corrected chi connectivity index (χ2v) is 6.81. The molecule has 0 aromatic heterocycles. The summed E-state index contributed by atoms with van der Waals surface area (Å²) in [6.07, 6.45) is 1.09. The van der Waals surface area contributed by atoms with E-state index in [1.165, 1.54) is 0 Å². The van der Waals surface area contributed by atoms with Gasteiger partial charge in [-0.05, 0) is 36.2 Å². The minimum absolute atomic E-state index is 0. The van der Waals surface area contributed by atoms with Crippen LogP contribution in [0.25, 0.3) is 0 Å². The van der Waals surface area contributed by atoms with E-state index < -0.39 is 10.8 Å². The number of nitrogens with one attached hydrogen (secondary N) is 1. The summed E-state index contributed by atoms with van der Waals surface area (Å²) in [5, 5.41) is 2.85. The predicted octanol–water partition coefficient (Wildman–Crippen LogP) is 3.23. The normalized spacial score (nSPS) is 11.4. The highest BCUT2D eigenvalue weighted by atomic mass is 35.5. The molecule has 0 spiro atoms. The largest absolute Gasteiger partial charge is 0.330 e. The lowest BCUT2D eigenvalue weighted by atomic mass is 10.2. The molecular formula is C18H23ClN2O2S. The fourth-order valence-electron chi connectivity index (χ4n) is 2.22. The summed E-state index contributed by atoms with van der Waals surface area (Å²) in [6.45, 7) is 0.506. The van der Waals surface area contributed by atoms with Crippen molar-refractivity contribution in [2.75, 3.05) is 11.9 Å². The van der Waals surface area contributed by atoms with Crippen LogP contribution < -0.4 is 11.1 Å². The third-order valence-corrected chi connectivity index (χ3v) is 4.63. The molecule has 1 unspecified atom stereocenters. The molecule has 24 heavy (non-hydrogen) atoms. The van der Waals surface area contributed by atoms with Crippen LogP contribution in [0.5, 0.6) is 0 Å². The first-order valence-electron chi connectivity index (χ1n) is 7.65. The van der Waals surface area contributed by atoms with Gasteiger partial charge in [-0.2, -0.15) is 0 Å². The number of rotatable bonds is 8. The quantitative estimate of drug-likeness (QED) is 0.753. The molecule has 4 nitrogen and oxygen atoms in total. The number of amides is 1. The maximum atomic E-state index is 12.3. The standard InChI is InChI=1S/C18H22N2O2S.ClH/c19-11-5-10-18(21)20-17-9-4-8-16(12-17)14-23(22)13-15-6-2-1-3-7-15;/h1-4,6-9,12H,5,10-11,13-14,19H2,(H,20,21);1H. The van der Waals surface area contributed by atoms with Crippen molar-refractivity contribution in [2.24, 2.45) is 5.73 Å². The van der Waals surface area contributed by atoms with E-state index >= 15 is 0 Å². The van der Waals surface area contributed by atoms with Crippen molar-refractivity contribution in [3.63, 3.8) is 0 Å². The van der Waals surface area contributed by atoms with Crippen molar-refractivity contribution in [1.82, 2.24) is 0 Å². The van der Waals surface area contributed by atoms with E-state index in [1.54, 1.807) is 0 Å². The Kier molecular flexibility index (Phi) is 9.30. The minimum Gasteiger partial charge on any atom is -0.330 e. The first kappa shape index (κ1) is 20.4. The Labute approximate surface area is 151 Å². The number of halogens is 1. The molecular weight excluding hydrogens is 344 g/mol.